The molecule has 24 heavy (non-hydrogen) atoms. The van der Waals surface area contributed by atoms with Gasteiger partial charge in [0.05, 0.1) is 17.6 Å². The lowest BCUT2D eigenvalue weighted by atomic mass is 9.98. The Morgan fingerprint density at radius 1 is 1.00 bits per heavy atom. The van der Waals surface area contributed by atoms with E-state index in [0.717, 1.165) is 36.2 Å². The first-order valence-electron chi connectivity index (χ1n) is 8.30. The maximum Gasteiger partial charge on any atom is 0.0733 e. The molecule has 0 bridgehead atoms. The van der Waals surface area contributed by atoms with Gasteiger partial charge >= 0.3 is 0 Å². The van der Waals surface area contributed by atoms with Crippen molar-refractivity contribution < 1.29 is 0 Å². The maximum absolute atomic E-state index is 4.56. The number of hydrogen-bond donors (Lipinski definition) is 0. The Morgan fingerprint density at radius 3 is 2.75 bits per heavy atom. The summed E-state index contributed by atoms with van der Waals surface area (Å²) in [5.74, 6) is 0. The monoisotopic (exact) mass is 313 g/mol. The zero-order chi connectivity index (χ0) is 16.2. The summed E-state index contributed by atoms with van der Waals surface area (Å²) in [6.45, 7) is 0. The molecule has 0 saturated heterocycles. The fourth-order valence-corrected chi connectivity index (χ4v) is 3.02. The molecule has 2 heterocycles. The van der Waals surface area contributed by atoms with E-state index < -0.39 is 0 Å². The van der Waals surface area contributed by atoms with Crippen LogP contribution in [0.2, 0.25) is 0 Å². The lowest BCUT2D eigenvalue weighted by molar-refractivity contribution is 0.864. The van der Waals surface area contributed by atoms with E-state index in [1.165, 1.54) is 11.1 Å². The van der Waals surface area contributed by atoms with E-state index in [0.29, 0.717) is 0 Å². The van der Waals surface area contributed by atoms with Crippen LogP contribution in [0.15, 0.2) is 84.9 Å². The summed E-state index contributed by atoms with van der Waals surface area (Å²) < 4.78 is 1.95. The molecule has 0 spiro atoms. The van der Waals surface area contributed by atoms with Crippen LogP contribution in [-0.2, 0) is 6.42 Å². The number of para-hydroxylation sites is 1. The van der Waals surface area contributed by atoms with Gasteiger partial charge in [0.25, 0.3) is 0 Å². The van der Waals surface area contributed by atoms with E-state index >= 15 is 0 Å². The standard InChI is InChI=1S/C21H19N3/c1-2-8-17(9-3-1)14-18-10-4-5-12-21(18)24-16-19(15-23-24)20-11-6-7-13-22-20/h2,4-13,15-16H,1,3,14H2. The number of aromatic nitrogens is 3. The first-order valence-corrected chi connectivity index (χ1v) is 8.30. The van der Waals surface area contributed by atoms with Crippen molar-refractivity contribution in [3.63, 3.8) is 0 Å². The fourth-order valence-electron chi connectivity index (χ4n) is 3.02. The number of hydrogen-bond acceptors (Lipinski definition) is 2. The van der Waals surface area contributed by atoms with E-state index in [2.05, 4.69) is 52.6 Å². The number of benzene rings is 1. The molecule has 0 fully saturated rings. The summed E-state index contributed by atoms with van der Waals surface area (Å²) in [7, 11) is 0. The van der Waals surface area contributed by atoms with Crippen LogP contribution < -0.4 is 0 Å². The highest BCUT2D eigenvalue weighted by Crippen LogP contribution is 2.23. The van der Waals surface area contributed by atoms with Crippen molar-refractivity contribution in [1.29, 1.82) is 0 Å². The molecule has 1 aliphatic rings. The van der Waals surface area contributed by atoms with Crippen LogP contribution in [0, 0.1) is 0 Å². The maximum atomic E-state index is 4.56. The highest BCUT2D eigenvalue weighted by Gasteiger charge is 2.09. The SMILES string of the molecule is C1=CC(Cc2ccccc2-n2cc(-c3ccccn3)cn2)=CCC1. The molecule has 0 N–H and O–H groups in total. The minimum Gasteiger partial charge on any atom is -0.256 e. The van der Waals surface area contributed by atoms with Crippen molar-refractivity contribution in [2.24, 2.45) is 0 Å². The quantitative estimate of drug-likeness (QED) is 0.695. The molecule has 3 aromatic rings. The molecule has 118 valence electrons. The van der Waals surface area contributed by atoms with Gasteiger partial charge in [-0.2, -0.15) is 5.10 Å². The highest BCUT2D eigenvalue weighted by atomic mass is 15.3. The van der Waals surface area contributed by atoms with E-state index in [9.17, 15) is 0 Å². The van der Waals surface area contributed by atoms with Gasteiger partial charge in [0, 0.05) is 18.0 Å². The van der Waals surface area contributed by atoms with Crippen molar-refractivity contribution >= 4 is 0 Å². The number of nitrogens with zero attached hydrogens (tertiary/aromatic N) is 3. The van der Waals surface area contributed by atoms with Gasteiger partial charge in [-0.25, -0.2) is 4.68 Å². The molecule has 0 unspecified atom stereocenters. The van der Waals surface area contributed by atoms with Crippen molar-refractivity contribution in [3.05, 3.63) is 90.4 Å². The van der Waals surface area contributed by atoms with Crippen LogP contribution in [0.5, 0.6) is 0 Å². The van der Waals surface area contributed by atoms with Crippen LogP contribution in [0.4, 0.5) is 0 Å². The summed E-state index contributed by atoms with van der Waals surface area (Å²) in [5.41, 5.74) is 5.76. The van der Waals surface area contributed by atoms with Crippen molar-refractivity contribution in [1.82, 2.24) is 14.8 Å². The normalized spacial score (nSPS) is 13.8. The lowest BCUT2D eigenvalue weighted by Gasteiger charge is -2.12. The Bertz CT molecular complexity index is 888. The number of pyridine rings is 1. The average Bonchev–Trinajstić information content (AvgIpc) is 3.14. The Labute approximate surface area is 142 Å². The summed E-state index contributed by atoms with van der Waals surface area (Å²) in [4.78, 5) is 4.40. The number of allylic oxidation sites excluding steroid dienone is 4. The van der Waals surface area contributed by atoms with Gasteiger partial charge < -0.3 is 0 Å². The zero-order valence-electron chi connectivity index (χ0n) is 13.5. The molecule has 2 aromatic heterocycles. The topological polar surface area (TPSA) is 30.7 Å². The van der Waals surface area contributed by atoms with E-state index in [1.54, 1.807) is 0 Å². The van der Waals surface area contributed by atoms with Crippen LogP contribution in [0.25, 0.3) is 16.9 Å². The Kier molecular flexibility index (Phi) is 4.07. The minimum absolute atomic E-state index is 0.936. The molecule has 0 saturated carbocycles. The molecule has 0 aliphatic heterocycles. The lowest BCUT2D eigenvalue weighted by Crippen LogP contribution is -2.01. The first-order chi connectivity index (χ1) is 11.9. The van der Waals surface area contributed by atoms with Crippen molar-refractivity contribution in [2.75, 3.05) is 0 Å². The molecule has 4 rings (SSSR count). The molecule has 3 heteroatoms. The predicted molar refractivity (Wildman–Crippen MR) is 97.0 cm³/mol. The molecule has 1 aliphatic carbocycles. The molecule has 3 nitrogen and oxygen atoms in total. The minimum atomic E-state index is 0.936. The molecular weight excluding hydrogens is 294 g/mol. The Balaban J connectivity index is 1.66. The first kappa shape index (κ1) is 14.6. The summed E-state index contributed by atoms with van der Waals surface area (Å²) in [5, 5.41) is 4.56. The van der Waals surface area contributed by atoms with E-state index in [4.69, 9.17) is 0 Å². The molecule has 0 amide bonds. The smallest absolute Gasteiger partial charge is 0.0733 e. The zero-order valence-corrected chi connectivity index (χ0v) is 13.5. The van der Waals surface area contributed by atoms with Crippen molar-refractivity contribution in [2.45, 2.75) is 19.3 Å². The van der Waals surface area contributed by atoms with Gasteiger partial charge in [-0.3, -0.25) is 4.98 Å². The summed E-state index contributed by atoms with van der Waals surface area (Å²) >= 11 is 0. The van der Waals surface area contributed by atoms with Gasteiger partial charge in [0.2, 0.25) is 0 Å². The third-order valence-electron chi connectivity index (χ3n) is 4.25. The molecule has 0 radical (unpaired) electrons. The second-order valence-corrected chi connectivity index (χ2v) is 5.95. The van der Waals surface area contributed by atoms with Gasteiger partial charge in [0.15, 0.2) is 0 Å². The second kappa shape index (κ2) is 6.67. The number of rotatable bonds is 4. The largest absolute Gasteiger partial charge is 0.256 e. The fraction of sp³-hybridized carbons (Fsp3) is 0.143. The van der Waals surface area contributed by atoms with Crippen LogP contribution >= 0.6 is 0 Å². The van der Waals surface area contributed by atoms with Gasteiger partial charge in [-0.1, -0.05) is 42.5 Å². The van der Waals surface area contributed by atoms with Crippen LogP contribution in [-0.4, -0.2) is 14.8 Å². The second-order valence-electron chi connectivity index (χ2n) is 5.95. The predicted octanol–water partition coefficient (Wildman–Crippen LogP) is 4.75. The Hall–Kier alpha value is -2.94. The summed E-state index contributed by atoms with van der Waals surface area (Å²) in [6, 6.07) is 14.4. The van der Waals surface area contributed by atoms with Crippen LogP contribution in [0.3, 0.4) is 0 Å². The van der Waals surface area contributed by atoms with Gasteiger partial charge in [0.1, 0.15) is 0 Å². The Morgan fingerprint density at radius 2 is 1.92 bits per heavy atom. The molecular formula is C21H19N3. The van der Waals surface area contributed by atoms with Gasteiger partial charge in [-0.15, -0.1) is 0 Å². The van der Waals surface area contributed by atoms with Crippen molar-refractivity contribution in [3.8, 4) is 16.9 Å². The van der Waals surface area contributed by atoms with E-state index in [-0.39, 0.29) is 0 Å². The highest BCUT2D eigenvalue weighted by molar-refractivity contribution is 5.58. The average molecular weight is 313 g/mol. The third kappa shape index (κ3) is 3.06. The van der Waals surface area contributed by atoms with Gasteiger partial charge in [-0.05, 0) is 48.6 Å². The van der Waals surface area contributed by atoms with E-state index in [1.807, 2.05) is 41.5 Å². The molecule has 1 aromatic carbocycles. The molecule has 0 atom stereocenters. The summed E-state index contributed by atoms with van der Waals surface area (Å²) in [6.07, 6.45) is 15.8. The van der Waals surface area contributed by atoms with Crippen LogP contribution in [0.1, 0.15) is 18.4 Å². The third-order valence-corrected chi connectivity index (χ3v) is 4.25.